The van der Waals surface area contributed by atoms with Gasteiger partial charge in [0.1, 0.15) is 5.82 Å². The lowest BCUT2D eigenvalue weighted by Gasteiger charge is -2.38. The second-order valence-electron chi connectivity index (χ2n) is 7.88. The molecule has 0 N–H and O–H groups in total. The Kier molecular flexibility index (Phi) is 4.75. The number of carbonyl (C=O) groups is 1. The Balaban J connectivity index is 1.39. The molecule has 0 saturated carbocycles. The maximum atomic E-state index is 13.6. The Hall–Kier alpha value is -3.18. The van der Waals surface area contributed by atoms with Crippen molar-refractivity contribution < 1.29 is 9.18 Å². The van der Waals surface area contributed by atoms with Crippen molar-refractivity contribution in [2.45, 2.75) is 13.0 Å². The Morgan fingerprint density at radius 3 is 1.90 bits per heavy atom. The second kappa shape index (κ2) is 7.58. The number of piperazine rings is 1. The topological polar surface area (TPSA) is 28.5 Å². The Morgan fingerprint density at radius 1 is 0.800 bits per heavy atom. The molecule has 0 amide bonds. The molecule has 3 aromatic carbocycles. The van der Waals surface area contributed by atoms with Crippen molar-refractivity contribution in [1.29, 1.82) is 0 Å². The van der Waals surface area contributed by atoms with Crippen LogP contribution in [0, 0.1) is 5.82 Å². The highest BCUT2D eigenvalue weighted by atomic mass is 19.1. The first-order chi connectivity index (χ1) is 14.6. The van der Waals surface area contributed by atoms with Crippen molar-refractivity contribution in [3.8, 4) is 0 Å². The number of nitrogens with zero attached hydrogens (tertiary/aromatic N) is 3. The average molecular weight is 401 g/mol. The van der Waals surface area contributed by atoms with E-state index >= 15 is 0 Å². The van der Waals surface area contributed by atoms with Crippen LogP contribution in [0.5, 0.6) is 0 Å². The molecular weight excluding hydrogens is 377 g/mol. The number of benzene rings is 3. The molecule has 2 heterocycles. The van der Waals surface area contributed by atoms with Gasteiger partial charge in [0.15, 0.2) is 0 Å². The molecule has 0 aliphatic carbocycles. The maximum absolute atomic E-state index is 13.6. The summed E-state index contributed by atoms with van der Waals surface area (Å²) in [6.07, 6.45) is 0. The molecule has 0 unspecified atom stereocenters. The summed E-state index contributed by atoms with van der Waals surface area (Å²) >= 11 is 0. The number of hydrogen-bond donors (Lipinski definition) is 0. The summed E-state index contributed by atoms with van der Waals surface area (Å²) in [5.41, 5.74) is 2.94. The van der Waals surface area contributed by atoms with E-state index in [9.17, 15) is 9.18 Å². The fourth-order valence-corrected chi connectivity index (χ4v) is 4.52. The summed E-state index contributed by atoms with van der Waals surface area (Å²) in [4.78, 5) is 18.1. The van der Waals surface area contributed by atoms with E-state index in [0.29, 0.717) is 0 Å². The van der Waals surface area contributed by atoms with Crippen molar-refractivity contribution in [1.82, 2.24) is 9.47 Å². The molecular formula is C25H24FN3O. The van der Waals surface area contributed by atoms with Crippen molar-refractivity contribution in [3.05, 3.63) is 78.6 Å². The number of rotatable bonds is 3. The zero-order valence-electron chi connectivity index (χ0n) is 17.0. The first kappa shape index (κ1) is 18.8. The number of para-hydroxylation sites is 2. The average Bonchev–Trinajstić information content (AvgIpc) is 3.13. The molecule has 0 bridgehead atoms. The second-order valence-corrected chi connectivity index (χ2v) is 7.88. The van der Waals surface area contributed by atoms with Gasteiger partial charge >= 0.3 is 0 Å². The van der Waals surface area contributed by atoms with Gasteiger partial charge in [-0.05, 0) is 43.3 Å². The minimum Gasteiger partial charge on any atom is -0.369 e. The number of aromatic nitrogens is 1. The molecule has 0 radical (unpaired) electrons. The lowest BCUT2D eigenvalue weighted by molar-refractivity contribution is 0.0753. The van der Waals surface area contributed by atoms with E-state index in [2.05, 4.69) is 21.9 Å². The van der Waals surface area contributed by atoms with Gasteiger partial charge in [-0.2, -0.15) is 0 Å². The highest BCUT2D eigenvalue weighted by Gasteiger charge is 2.28. The Bertz CT molecular complexity index is 1150. The predicted molar refractivity (Wildman–Crippen MR) is 120 cm³/mol. The van der Waals surface area contributed by atoms with Gasteiger partial charge in [-0.1, -0.05) is 36.4 Å². The van der Waals surface area contributed by atoms with E-state index in [1.807, 2.05) is 60.0 Å². The highest BCUT2D eigenvalue weighted by molar-refractivity contribution is 6.13. The molecule has 1 aliphatic heterocycles. The standard InChI is InChI=1S/C25H24FN3O/c1-18(27-14-16-28(17-15-27)20-12-10-19(26)11-13-20)25(30)29-23-8-4-2-6-21(23)22-7-3-5-9-24(22)29/h2-13,18H,14-17H2,1H3/t18-/m1/s1. The number of hydrogen-bond acceptors (Lipinski definition) is 3. The van der Waals surface area contributed by atoms with Gasteiger partial charge in [0.05, 0.1) is 17.1 Å². The Labute approximate surface area is 175 Å². The third-order valence-electron chi connectivity index (χ3n) is 6.21. The van der Waals surface area contributed by atoms with Gasteiger partial charge in [0, 0.05) is 42.6 Å². The quantitative estimate of drug-likeness (QED) is 0.494. The van der Waals surface area contributed by atoms with E-state index in [1.54, 1.807) is 0 Å². The zero-order valence-corrected chi connectivity index (χ0v) is 17.0. The molecule has 5 rings (SSSR count). The van der Waals surface area contributed by atoms with Crippen molar-refractivity contribution >= 4 is 33.4 Å². The van der Waals surface area contributed by atoms with Crippen LogP contribution in [-0.4, -0.2) is 47.6 Å². The summed E-state index contributed by atoms with van der Waals surface area (Å²) in [6, 6.07) is 22.6. The van der Waals surface area contributed by atoms with E-state index < -0.39 is 0 Å². The minimum atomic E-state index is -0.223. The van der Waals surface area contributed by atoms with Crippen LogP contribution in [0.4, 0.5) is 10.1 Å². The van der Waals surface area contributed by atoms with Crippen LogP contribution in [-0.2, 0) is 0 Å². The lowest BCUT2D eigenvalue weighted by Crippen LogP contribution is -2.52. The fourth-order valence-electron chi connectivity index (χ4n) is 4.52. The molecule has 1 saturated heterocycles. The molecule has 1 fully saturated rings. The molecule has 30 heavy (non-hydrogen) atoms. The molecule has 4 aromatic rings. The van der Waals surface area contributed by atoms with Gasteiger partial charge in [0.2, 0.25) is 5.91 Å². The molecule has 5 heteroatoms. The van der Waals surface area contributed by atoms with Crippen LogP contribution in [0.2, 0.25) is 0 Å². The zero-order chi connectivity index (χ0) is 20.7. The van der Waals surface area contributed by atoms with E-state index in [4.69, 9.17) is 0 Å². The van der Waals surface area contributed by atoms with Crippen LogP contribution in [0.15, 0.2) is 72.8 Å². The van der Waals surface area contributed by atoms with Crippen LogP contribution in [0.25, 0.3) is 21.8 Å². The molecule has 1 atom stereocenters. The summed E-state index contributed by atoms with van der Waals surface area (Å²) in [5.74, 6) is -0.120. The Morgan fingerprint density at radius 2 is 1.33 bits per heavy atom. The number of carbonyl (C=O) groups excluding carboxylic acids is 1. The normalized spacial score (nSPS) is 16.3. The van der Waals surface area contributed by atoms with Crippen LogP contribution in [0.3, 0.4) is 0 Å². The fraction of sp³-hybridized carbons (Fsp3) is 0.240. The van der Waals surface area contributed by atoms with Gasteiger partial charge in [0.25, 0.3) is 0 Å². The molecule has 4 nitrogen and oxygen atoms in total. The van der Waals surface area contributed by atoms with Gasteiger partial charge in [-0.15, -0.1) is 0 Å². The van der Waals surface area contributed by atoms with Crippen LogP contribution >= 0.6 is 0 Å². The van der Waals surface area contributed by atoms with Crippen molar-refractivity contribution in [2.75, 3.05) is 31.1 Å². The number of anilines is 1. The summed E-state index contributed by atoms with van der Waals surface area (Å²) in [7, 11) is 0. The number of halogens is 1. The van der Waals surface area contributed by atoms with E-state index in [-0.39, 0.29) is 17.8 Å². The van der Waals surface area contributed by atoms with E-state index in [1.165, 1.54) is 12.1 Å². The van der Waals surface area contributed by atoms with Crippen LogP contribution < -0.4 is 4.90 Å². The smallest absolute Gasteiger partial charge is 0.248 e. The minimum absolute atomic E-state index is 0.0997. The summed E-state index contributed by atoms with van der Waals surface area (Å²) < 4.78 is 15.1. The monoisotopic (exact) mass is 401 g/mol. The summed E-state index contributed by atoms with van der Waals surface area (Å²) in [6.45, 7) is 5.22. The third kappa shape index (κ3) is 3.15. The largest absolute Gasteiger partial charge is 0.369 e. The molecule has 152 valence electrons. The molecule has 1 aliphatic rings. The summed E-state index contributed by atoms with van der Waals surface area (Å²) in [5, 5.41) is 2.21. The lowest BCUT2D eigenvalue weighted by atomic mass is 10.2. The first-order valence-electron chi connectivity index (χ1n) is 10.4. The first-order valence-corrected chi connectivity index (χ1v) is 10.4. The maximum Gasteiger partial charge on any atom is 0.248 e. The third-order valence-corrected chi connectivity index (χ3v) is 6.21. The van der Waals surface area contributed by atoms with Crippen LogP contribution in [0.1, 0.15) is 11.7 Å². The van der Waals surface area contributed by atoms with Crippen molar-refractivity contribution in [3.63, 3.8) is 0 Å². The SMILES string of the molecule is C[C@H](C(=O)n1c2ccccc2c2ccccc21)N1CCN(c2ccc(F)cc2)CC1. The van der Waals surface area contributed by atoms with Crippen molar-refractivity contribution in [2.24, 2.45) is 0 Å². The predicted octanol–water partition coefficient (Wildman–Crippen LogP) is 4.78. The highest BCUT2D eigenvalue weighted by Crippen LogP contribution is 2.29. The van der Waals surface area contributed by atoms with Gasteiger partial charge in [-0.25, -0.2) is 4.39 Å². The van der Waals surface area contributed by atoms with Gasteiger partial charge < -0.3 is 4.90 Å². The van der Waals surface area contributed by atoms with Gasteiger partial charge in [-0.3, -0.25) is 14.3 Å². The van der Waals surface area contributed by atoms with E-state index in [0.717, 1.165) is 53.7 Å². The molecule has 0 spiro atoms. The molecule has 1 aromatic heterocycles. The number of fused-ring (bicyclic) bond motifs is 3.